The van der Waals surface area contributed by atoms with Gasteiger partial charge in [0, 0.05) is 18.0 Å². The quantitative estimate of drug-likeness (QED) is 0.583. The van der Waals surface area contributed by atoms with Gasteiger partial charge in [0.05, 0.1) is 0 Å². The summed E-state index contributed by atoms with van der Waals surface area (Å²) in [6.07, 6.45) is 4.99. The summed E-state index contributed by atoms with van der Waals surface area (Å²) in [6, 6.07) is 0. The summed E-state index contributed by atoms with van der Waals surface area (Å²) >= 11 is 6.13. The van der Waals surface area contributed by atoms with Gasteiger partial charge in [-0.05, 0) is 13.3 Å². The van der Waals surface area contributed by atoms with Crippen LogP contribution in [0.3, 0.4) is 0 Å². The second-order valence-electron chi connectivity index (χ2n) is 4.99. The highest BCUT2D eigenvalue weighted by molar-refractivity contribution is 6.30. The van der Waals surface area contributed by atoms with Gasteiger partial charge in [0.25, 0.3) is 0 Å². The Bertz CT molecular complexity index is 378. The molecule has 18 heavy (non-hydrogen) atoms. The number of rotatable bonds is 7. The lowest BCUT2D eigenvalue weighted by Crippen LogP contribution is -2.09. The Morgan fingerprint density at radius 1 is 1.17 bits per heavy atom. The zero-order chi connectivity index (χ0) is 13.5. The van der Waals surface area contributed by atoms with Gasteiger partial charge in [-0.25, -0.2) is 9.97 Å². The first-order valence-electron chi connectivity index (χ1n) is 6.84. The maximum Gasteiger partial charge on any atom is 0.137 e. The van der Waals surface area contributed by atoms with Gasteiger partial charge >= 0.3 is 0 Å². The molecule has 0 amide bonds. The molecule has 0 atom stereocenters. The Labute approximate surface area is 115 Å². The van der Waals surface area contributed by atoms with Crippen LogP contribution in [0.4, 0.5) is 5.82 Å². The molecule has 0 spiro atoms. The van der Waals surface area contributed by atoms with Gasteiger partial charge in [-0.2, -0.15) is 0 Å². The molecule has 1 N–H and O–H groups in total. The van der Waals surface area contributed by atoms with Crippen molar-refractivity contribution < 1.29 is 0 Å². The smallest absolute Gasteiger partial charge is 0.137 e. The average Bonchev–Trinajstić information content (AvgIpc) is 2.33. The van der Waals surface area contributed by atoms with Crippen LogP contribution in [0.15, 0.2) is 0 Å². The van der Waals surface area contributed by atoms with Crippen LogP contribution in [0.1, 0.15) is 63.8 Å². The van der Waals surface area contributed by atoms with Gasteiger partial charge < -0.3 is 5.32 Å². The fourth-order valence-electron chi connectivity index (χ4n) is 1.69. The molecule has 1 heterocycles. The Kier molecular flexibility index (Phi) is 6.41. The average molecular weight is 270 g/mol. The van der Waals surface area contributed by atoms with Crippen molar-refractivity contribution in [3.05, 3.63) is 16.5 Å². The molecule has 0 aromatic carbocycles. The van der Waals surface area contributed by atoms with Gasteiger partial charge in [0.1, 0.15) is 16.8 Å². The third-order valence-electron chi connectivity index (χ3n) is 2.94. The predicted octanol–water partition coefficient (Wildman–Crippen LogP) is 4.55. The maximum atomic E-state index is 6.13. The molecule has 1 rings (SSSR count). The Hall–Kier alpha value is -0.830. The zero-order valence-electron chi connectivity index (χ0n) is 11.9. The minimum atomic E-state index is 0.295. The maximum absolute atomic E-state index is 6.13. The molecule has 4 heteroatoms. The van der Waals surface area contributed by atoms with Crippen molar-refractivity contribution in [1.29, 1.82) is 0 Å². The van der Waals surface area contributed by atoms with E-state index in [1.165, 1.54) is 25.7 Å². The molecule has 0 aliphatic heterocycles. The van der Waals surface area contributed by atoms with Crippen molar-refractivity contribution in [1.82, 2.24) is 9.97 Å². The van der Waals surface area contributed by atoms with Crippen LogP contribution in [0.5, 0.6) is 0 Å². The molecule has 0 radical (unpaired) electrons. The number of anilines is 1. The van der Waals surface area contributed by atoms with Crippen LogP contribution in [0.25, 0.3) is 0 Å². The molecule has 0 saturated heterocycles. The number of hydrogen-bond donors (Lipinski definition) is 1. The predicted molar refractivity (Wildman–Crippen MR) is 78.5 cm³/mol. The molecule has 1 aromatic heterocycles. The van der Waals surface area contributed by atoms with E-state index in [2.05, 4.69) is 36.1 Å². The fraction of sp³-hybridized carbons (Fsp3) is 0.714. The van der Waals surface area contributed by atoms with Crippen LogP contribution in [0.2, 0.25) is 5.15 Å². The summed E-state index contributed by atoms with van der Waals surface area (Å²) in [6.45, 7) is 9.28. The van der Waals surface area contributed by atoms with Gasteiger partial charge in [0.2, 0.25) is 0 Å². The van der Waals surface area contributed by atoms with Gasteiger partial charge in [-0.3, -0.25) is 0 Å². The third-order valence-corrected chi connectivity index (χ3v) is 3.31. The molecule has 0 unspecified atom stereocenters. The zero-order valence-corrected chi connectivity index (χ0v) is 12.6. The largest absolute Gasteiger partial charge is 0.370 e. The first-order chi connectivity index (χ1) is 8.56. The molecular formula is C14H24ClN3. The van der Waals surface area contributed by atoms with Gasteiger partial charge in [-0.15, -0.1) is 0 Å². The SMILES string of the molecule is CCCCCCNc1nc(C(C)C)nc(Cl)c1C. The first-order valence-corrected chi connectivity index (χ1v) is 7.22. The van der Waals surface area contributed by atoms with Crippen molar-refractivity contribution in [3.63, 3.8) is 0 Å². The van der Waals surface area contributed by atoms with E-state index in [4.69, 9.17) is 11.6 Å². The fourth-order valence-corrected chi connectivity index (χ4v) is 1.87. The highest BCUT2D eigenvalue weighted by Crippen LogP contribution is 2.22. The van der Waals surface area contributed by atoms with Crippen molar-refractivity contribution in [2.45, 2.75) is 59.3 Å². The van der Waals surface area contributed by atoms with E-state index in [1.54, 1.807) is 0 Å². The topological polar surface area (TPSA) is 37.8 Å². The van der Waals surface area contributed by atoms with E-state index >= 15 is 0 Å². The van der Waals surface area contributed by atoms with Crippen molar-refractivity contribution in [2.75, 3.05) is 11.9 Å². The molecule has 0 bridgehead atoms. The van der Waals surface area contributed by atoms with Crippen LogP contribution in [0, 0.1) is 6.92 Å². The van der Waals surface area contributed by atoms with Crippen LogP contribution in [-0.4, -0.2) is 16.5 Å². The van der Waals surface area contributed by atoms with Crippen LogP contribution >= 0.6 is 11.6 Å². The Morgan fingerprint density at radius 2 is 1.89 bits per heavy atom. The second kappa shape index (κ2) is 7.57. The highest BCUT2D eigenvalue weighted by Gasteiger charge is 2.11. The number of halogens is 1. The molecular weight excluding hydrogens is 246 g/mol. The van der Waals surface area contributed by atoms with E-state index < -0.39 is 0 Å². The number of hydrogen-bond acceptors (Lipinski definition) is 3. The first kappa shape index (κ1) is 15.2. The Morgan fingerprint density at radius 3 is 2.50 bits per heavy atom. The number of unbranched alkanes of at least 4 members (excludes halogenated alkanes) is 3. The molecule has 0 saturated carbocycles. The lowest BCUT2D eigenvalue weighted by molar-refractivity contribution is 0.683. The summed E-state index contributed by atoms with van der Waals surface area (Å²) in [4.78, 5) is 8.85. The van der Waals surface area contributed by atoms with Gasteiger partial charge in [0.15, 0.2) is 0 Å². The van der Waals surface area contributed by atoms with Crippen LogP contribution < -0.4 is 5.32 Å². The number of nitrogens with one attached hydrogen (secondary N) is 1. The van der Waals surface area contributed by atoms with E-state index in [0.717, 1.165) is 23.8 Å². The van der Waals surface area contributed by atoms with E-state index in [0.29, 0.717) is 11.1 Å². The van der Waals surface area contributed by atoms with E-state index in [1.807, 2.05) is 6.92 Å². The lowest BCUT2D eigenvalue weighted by atomic mass is 10.2. The van der Waals surface area contributed by atoms with Gasteiger partial charge in [-0.1, -0.05) is 51.6 Å². The minimum Gasteiger partial charge on any atom is -0.370 e. The molecule has 1 aromatic rings. The molecule has 0 fully saturated rings. The number of nitrogens with zero attached hydrogens (tertiary/aromatic N) is 2. The summed E-state index contributed by atoms with van der Waals surface area (Å²) in [5, 5.41) is 3.93. The third kappa shape index (κ3) is 4.45. The van der Waals surface area contributed by atoms with E-state index in [-0.39, 0.29) is 0 Å². The highest BCUT2D eigenvalue weighted by atomic mass is 35.5. The van der Waals surface area contributed by atoms with E-state index in [9.17, 15) is 0 Å². The van der Waals surface area contributed by atoms with Crippen molar-refractivity contribution >= 4 is 17.4 Å². The number of aromatic nitrogens is 2. The Balaban J connectivity index is 2.63. The minimum absolute atomic E-state index is 0.295. The molecule has 0 aliphatic carbocycles. The molecule has 0 aliphatic rings. The summed E-state index contributed by atoms with van der Waals surface area (Å²) in [5.41, 5.74) is 0.941. The monoisotopic (exact) mass is 269 g/mol. The normalized spacial score (nSPS) is 11.0. The summed E-state index contributed by atoms with van der Waals surface area (Å²) < 4.78 is 0. The lowest BCUT2D eigenvalue weighted by Gasteiger charge is -2.12. The van der Waals surface area contributed by atoms with Crippen LogP contribution in [-0.2, 0) is 0 Å². The second-order valence-corrected chi connectivity index (χ2v) is 5.35. The summed E-state index contributed by atoms with van der Waals surface area (Å²) in [5.74, 6) is 1.99. The standard InChI is InChI=1S/C14H24ClN3/c1-5-6-7-8-9-16-14-11(4)12(15)17-13(18-14)10(2)3/h10H,5-9H2,1-4H3,(H,16,17,18). The molecule has 3 nitrogen and oxygen atoms in total. The van der Waals surface area contributed by atoms with Crippen molar-refractivity contribution in [3.8, 4) is 0 Å². The molecule has 102 valence electrons. The van der Waals surface area contributed by atoms with Crippen molar-refractivity contribution in [2.24, 2.45) is 0 Å². The summed E-state index contributed by atoms with van der Waals surface area (Å²) in [7, 11) is 0.